The maximum Gasteiger partial charge on any atom is 0.281 e. The SMILES string of the molecule is CC1CCCN(S(=O)(=O)N2CCC3CNCC3C2)C1.Cl. The van der Waals surface area contributed by atoms with Crippen LogP contribution in [-0.4, -0.2) is 56.3 Å². The molecule has 3 heterocycles. The second-order valence-corrected chi connectivity index (χ2v) is 8.37. The summed E-state index contributed by atoms with van der Waals surface area (Å²) in [5.74, 6) is 1.70. The largest absolute Gasteiger partial charge is 0.316 e. The van der Waals surface area contributed by atoms with Crippen LogP contribution in [0, 0.1) is 17.8 Å². The van der Waals surface area contributed by atoms with Gasteiger partial charge in [-0.1, -0.05) is 6.92 Å². The number of hydrogen-bond donors (Lipinski definition) is 1. The van der Waals surface area contributed by atoms with Crippen LogP contribution in [0.4, 0.5) is 0 Å². The molecule has 0 spiro atoms. The van der Waals surface area contributed by atoms with E-state index in [1.165, 1.54) is 0 Å². The first-order chi connectivity index (χ1) is 9.07. The maximum absolute atomic E-state index is 12.7. The van der Waals surface area contributed by atoms with Crippen LogP contribution in [0.25, 0.3) is 0 Å². The summed E-state index contributed by atoms with van der Waals surface area (Å²) in [5, 5.41) is 3.39. The highest BCUT2D eigenvalue weighted by Crippen LogP contribution is 2.30. The number of piperidine rings is 2. The van der Waals surface area contributed by atoms with Crippen molar-refractivity contribution in [3.63, 3.8) is 0 Å². The Balaban J connectivity index is 0.00000147. The Morgan fingerprint density at radius 3 is 2.45 bits per heavy atom. The molecule has 0 aromatic carbocycles. The topological polar surface area (TPSA) is 52.7 Å². The van der Waals surface area contributed by atoms with E-state index < -0.39 is 10.2 Å². The third-order valence-electron chi connectivity index (χ3n) is 4.94. The molecule has 1 N–H and O–H groups in total. The summed E-state index contributed by atoms with van der Waals surface area (Å²) in [4.78, 5) is 0. The molecule has 3 unspecified atom stereocenters. The average molecular weight is 324 g/mol. The lowest BCUT2D eigenvalue weighted by Gasteiger charge is -2.38. The zero-order chi connectivity index (χ0) is 13.5. The van der Waals surface area contributed by atoms with E-state index in [0.29, 0.717) is 43.9 Å². The molecule has 0 amide bonds. The smallest absolute Gasteiger partial charge is 0.281 e. The third kappa shape index (κ3) is 3.14. The van der Waals surface area contributed by atoms with Crippen molar-refractivity contribution < 1.29 is 8.42 Å². The molecular weight excluding hydrogens is 298 g/mol. The third-order valence-corrected chi connectivity index (χ3v) is 6.91. The number of nitrogens with zero attached hydrogens (tertiary/aromatic N) is 2. The summed E-state index contributed by atoms with van der Waals surface area (Å²) in [6.45, 7) is 7.02. The van der Waals surface area contributed by atoms with E-state index in [-0.39, 0.29) is 12.4 Å². The van der Waals surface area contributed by atoms with Gasteiger partial charge in [-0.25, -0.2) is 0 Å². The molecule has 118 valence electrons. The molecule has 3 atom stereocenters. The molecule has 20 heavy (non-hydrogen) atoms. The standard InChI is InChI=1S/C13H25N3O2S.ClH/c1-11-3-2-5-15(9-11)19(17,18)16-6-4-12-7-14-8-13(12)10-16;/h11-14H,2-10H2,1H3;1H. The number of fused-ring (bicyclic) bond motifs is 1. The number of hydrogen-bond acceptors (Lipinski definition) is 3. The van der Waals surface area contributed by atoms with Gasteiger partial charge in [0.1, 0.15) is 0 Å². The molecule has 3 rings (SSSR count). The molecule has 0 bridgehead atoms. The van der Waals surface area contributed by atoms with Gasteiger partial charge in [0.25, 0.3) is 10.2 Å². The molecule has 0 aromatic heterocycles. The fourth-order valence-corrected chi connectivity index (χ4v) is 5.58. The fraction of sp³-hybridized carbons (Fsp3) is 1.00. The molecule has 0 radical (unpaired) electrons. The van der Waals surface area contributed by atoms with Gasteiger partial charge < -0.3 is 5.32 Å². The first-order valence-corrected chi connectivity index (χ1v) is 8.93. The quantitative estimate of drug-likeness (QED) is 0.822. The van der Waals surface area contributed by atoms with E-state index in [9.17, 15) is 8.42 Å². The molecule has 0 aromatic rings. The molecule has 3 aliphatic heterocycles. The van der Waals surface area contributed by atoms with Crippen molar-refractivity contribution in [3.05, 3.63) is 0 Å². The van der Waals surface area contributed by atoms with Crippen LogP contribution in [0.2, 0.25) is 0 Å². The summed E-state index contributed by atoms with van der Waals surface area (Å²) in [5.41, 5.74) is 0. The molecule has 3 fully saturated rings. The lowest BCUT2D eigenvalue weighted by molar-refractivity contribution is 0.201. The van der Waals surface area contributed by atoms with Crippen molar-refractivity contribution in [2.75, 3.05) is 39.3 Å². The van der Waals surface area contributed by atoms with Gasteiger partial charge in [-0.05, 0) is 50.1 Å². The highest BCUT2D eigenvalue weighted by Gasteiger charge is 2.40. The van der Waals surface area contributed by atoms with Crippen molar-refractivity contribution in [3.8, 4) is 0 Å². The van der Waals surface area contributed by atoms with Gasteiger partial charge in [-0.2, -0.15) is 17.0 Å². The van der Waals surface area contributed by atoms with Crippen molar-refractivity contribution in [1.29, 1.82) is 0 Å². The predicted octanol–water partition coefficient (Wildman–Crippen LogP) is 0.926. The minimum Gasteiger partial charge on any atom is -0.316 e. The minimum absolute atomic E-state index is 0. The highest BCUT2D eigenvalue weighted by atomic mass is 35.5. The van der Waals surface area contributed by atoms with Crippen molar-refractivity contribution in [2.24, 2.45) is 17.8 Å². The van der Waals surface area contributed by atoms with Crippen molar-refractivity contribution in [1.82, 2.24) is 13.9 Å². The Kier molecular flexibility index (Phi) is 5.34. The first-order valence-electron chi connectivity index (χ1n) is 7.53. The zero-order valence-electron chi connectivity index (χ0n) is 12.1. The van der Waals surface area contributed by atoms with E-state index in [1.807, 2.05) is 0 Å². The maximum atomic E-state index is 12.7. The molecule has 0 aliphatic carbocycles. The van der Waals surface area contributed by atoms with E-state index >= 15 is 0 Å². The average Bonchev–Trinajstić information content (AvgIpc) is 2.85. The van der Waals surface area contributed by atoms with E-state index in [4.69, 9.17) is 0 Å². The molecule has 5 nitrogen and oxygen atoms in total. The Bertz CT molecular complexity index is 431. The molecule has 3 saturated heterocycles. The van der Waals surface area contributed by atoms with E-state index in [2.05, 4.69) is 12.2 Å². The lowest BCUT2D eigenvalue weighted by Crippen LogP contribution is -2.52. The Morgan fingerprint density at radius 1 is 1.00 bits per heavy atom. The van der Waals surface area contributed by atoms with Crippen LogP contribution < -0.4 is 5.32 Å². The number of nitrogens with one attached hydrogen (secondary N) is 1. The Hall–Kier alpha value is 0.120. The summed E-state index contributed by atoms with van der Waals surface area (Å²) in [7, 11) is -3.22. The van der Waals surface area contributed by atoms with Crippen LogP contribution in [0.5, 0.6) is 0 Å². The number of halogens is 1. The van der Waals surface area contributed by atoms with Gasteiger partial charge in [0.2, 0.25) is 0 Å². The Morgan fingerprint density at radius 2 is 1.70 bits per heavy atom. The van der Waals surface area contributed by atoms with Crippen LogP contribution in [0.3, 0.4) is 0 Å². The van der Waals surface area contributed by atoms with Gasteiger partial charge in [0.05, 0.1) is 0 Å². The van der Waals surface area contributed by atoms with E-state index in [1.54, 1.807) is 8.61 Å². The molecule has 7 heteroatoms. The van der Waals surface area contributed by atoms with E-state index in [0.717, 1.165) is 32.4 Å². The predicted molar refractivity (Wildman–Crippen MR) is 82.2 cm³/mol. The normalized spacial score (nSPS) is 36.4. The van der Waals surface area contributed by atoms with Gasteiger partial charge in [0.15, 0.2) is 0 Å². The van der Waals surface area contributed by atoms with Gasteiger partial charge in [-0.3, -0.25) is 0 Å². The fourth-order valence-electron chi connectivity index (χ4n) is 3.73. The first kappa shape index (κ1) is 16.5. The van der Waals surface area contributed by atoms with Crippen molar-refractivity contribution in [2.45, 2.75) is 26.2 Å². The molecule has 3 aliphatic rings. The molecule has 0 saturated carbocycles. The van der Waals surface area contributed by atoms with Crippen LogP contribution in [0.1, 0.15) is 26.2 Å². The minimum atomic E-state index is -3.22. The second-order valence-electron chi connectivity index (χ2n) is 6.44. The summed E-state index contributed by atoms with van der Waals surface area (Å²) in [6, 6.07) is 0. The summed E-state index contributed by atoms with van der Waals surface area (Å²) < 4.78 is 28.9. The highest BCUT2D eigenvalue weighted by molar-refractivity contribution is 7.86. The summed E-state index contributed by atoms with van der Waals surface area (Å²) >= 11 is 0. The van der Waals surface area contributed by atoms with Gasteiger partial charge in [0, 0.05) is 26.2 Å². The van der Waals surface area contributed by atoms with Crippen LogP contribution in [-0.2, 0) is 10.2 Å². The zero-order valence-corrected chi connectivity index (χ0v) is 13.8. The lowest BCUT2D eigenvalue weighted by atomic mass is 9.90. The second kappa shape index (κ2) is 6.48. The number of rotatable bonds is 2. The monoisotopic (exact) mass is 323 g/mol. The summed E-state index contributed by atoms with van der Waals surface area (Å²) in [6.07, 6.45) is 3.17. The van der Waals surface area contributed by atoms with Gasteiger partial charge in [-0.15, -0.1) is 12.4 Å². The van der Waals surface area contributed by atoms with Crippen LogP contribution >= 0.6 is 12.4 Å². The van der Waals surface area contributed by atoms with Crippen molar-refractivity contribution >= 4 is 22.6 Å². The molecular formula is C13H26ClN3O2S. The van der Waals surface area contributed by atoms with Crippen LogP contribution in [0.15, 0.2) is 0 Å². The Labute approximate surface area is 128 Å². The van der Waals surface area contributed by atoms with Gasteiger partial charge >= 0.3 is 0 Å².